The molecule has 1 saturated heterocycles. The quantitative estimate of drug-likeness (QED) is 0.631. The first-order chi connectivity index (χ1) is 9.20. The standard InChI is InChI=1S/C14H21N3O2/c1-2-16-8-4-7-14(16)11-15-10-12-5-3-6-13(9-12)17(18)19/h3,5-6,9,14-15H,2,4,7-8,10-11H2,1H3/t14-/m0/s1. The number of rotatable bonds is 6. The zero-order valence-corrected chi connectivity index (χ0v) is 11.3. The molecule has 104 valence electrons. The van der Waals surface area contributed by atoms with Crippen molar-refractivity contribution in [3.63, 3.8) is 0 Å². The van der Waals surface area contributed by atoms with Gasteiger partial charge in [0.15, 0.2) is 0 Å². The van der Waals surface area contributed by atoms with Crippen molar-refractivity contribution < 1.29 is 4.92 Å². The second kappa shape index (κ2) is 6.63. The summed E-state index contributed by atoms with van der Waals surface area (Å²) in [7, 11) is 0. The van der Waals surface area contributed by atoms with Crippen LogP contribution >= 0.6 is 0 Å². The molecule has 0 saturated carbocycles. The molecule has 0 unspecified atom stereocenters. The lowest BCUT2D eigenvalue weighted by atomic mass is 10.2. The lowest BCUT2D eigenvalue weighted by Crippen LogP contribution is -2.37. The van der Waals surface area contributed by atoms with Gasteiger partial charge in [0.2, 0.25) is 0 Å². The maximum Gasteiger partial charge on any atom is 0.269 e. The maximum absolute atomic E-state index is 10.7. The van der Waals surface area contributed by atoms with Gasteiger partial charge in [-0.05, 0) is 31.5 Å². The Hall–Kier alpha value is -1.46. The van der Waals surface area contributed by atoms with E-state index < -0.39 is 0 Å². The minimum atomic E-state index is -0.348. The largest absolute Gasteiger partial charge is 0.311 e. The van der Waals surface area contributed by atoms with Gasteiger partial charge in [0.05, 0.1) is 4.92 Å². The lowest BCUT2D eigenvalue weighted by molar-refractivity contribution is -0.384. The van der Waals surface area contributed by atoms with Crippen molar-refractivity contribution in [1.29, 1.82) is 0 Å². The van der Waals surface area contributed by atoms with Crippen LogP contribution in [0.4, 0.5) is 5.69 Å². The number of likely N-dealkylation sites (N-methyl/N-ethyl adjacent to an activating group) is 1. The molecule has 0 aliphatic carbocycles. The first kappa shape index (κ1) is 14.0. The van der Waals surface area contributed by atoms with Crippen molar-refractivity contribution in [1.82, 2.24) is 10.2 Å². The van der Waals surface area contributed by atoms with Crippen LogP contribution in [0, 0.1) is 10.1 Å². The monoisotopic (exact) mass is 263 g/mol. The molecular weight excluding hydrogens is 242 g/mol. The van der Waals surface area contributed by atoms with Gasteiger partial charge in [-0.25, -0.2) is 0 Å². The average Bonchev–Trinajstić information content (AvgIpc) is 2.86. The molecule has 0 bridgehead atoms. The highest BCUT2D eigenvalue weighted by Crippen LogP contribution is 2.16. The smallest absolute Gasteiger partial charge is 0.269 e. The molecule has 19 heavy (non-hydrogen) atoms. The fraction of sp³-hybridized carbons (Fsp3) is 0.571. The number of nitrogens with zero attached hydrogens (tertiary/aromatic N) is 2. The summed E-state index contributed by atoms with van der Waals surface area (Å²) in [6.07, 6.45) is 2.52. The number of non-ortho nitro benzene ring substituents is 1. The van der Waals surface area contributed by atoms with Gasteiger partial charge in [0.1, 0.15) is 0 Å². The molecule has 0 radical (unpaired) electrons. The van der Waals surface area contributed by atoms with Gasteiger partial charge in [0, 0.05) is 31.3 Å². The third-order valence-electron chi connectivity index (χ3n) is 3.74. The van der Waals surface area contributed by atoms with Gasteiger partial charge in [-0.3, -0.25) is 15.0 Å². The summed E-state index contributed by atoms with van der Waals surface area (Å²) >= 11 is 0. The molecule has 1 atom stereocenters. The number of likely N-dealkylation sites (tertiary alicyclic amines) is 1. The fourth-order valence-corrected chi connectivity index (χ4v) is 2.71. The number of hydrogen-bond acceptors (Lipinski definition) is 4. The summed E-state index contributed by atoms with van der Waals surface area (Å²) in [5.74, 6) is 0. The number of hydrogen-bond donors (Lipinski definition) is 1. The van der Waals surface area contributed by atoms with Gasteiger partial charge in [-0.15, -0.1) is 0 Å². The van der Waals surface area contributed by atoms with E-state index >= 15 is 0 Å². The average molecular weight is 263 g/mol. The van der Waals surface area contributed by atoms with Crippen LogP contribution in [0.15, 0.2) is 24.3 Å². The van der Waals surface area contributed by atoms with E-state index in [0.717, 1.165) is 18.7 Å². The summed E-state index contributed by atoms with van der Waals surface area (Å²) in [4.78, 5) is 12.8. The molecule has 0 amide bonds. The molecule has 1 heterocycles. The highest BCUT2D eigenvalue weighted by atomic mass is 16.6. The molecule has 5 nitrogen and oxygen atoms in total. The van der Waals surface area contributed by atoms with Crippen molar-refractivity contribution in [2.45, 2.75) is 32.4 Å². The number of nitrogens with one attached hydrogen (secondary N) is 1. The van der Waals surface area contributed by atoms with Crippen molar-refractivity contribution in [2.24, 2.45) is 0 Å². The van der Waals surface area contributed by atoms with Crippen LogP contribution in [0.5, 0.6) is 0 Å². The van der Waals surface area contributed by atoms with Gasteiger partial charge in [-0.1, -0.05) is 19.1 Å². The third-order valence-corrected chi connectivity index (χ3v) is 3.74. The maximum atomic E-state index is 10.7. The SMILES string of the molecule is CCN1CCC[C@H]1CNCc1cccc([N+](=O)[O-])c1. The van der Waals surface area contributed by atoms with E-state index in [4.69, 9.17) is 0 Å². The van der Waals surface area contributed by atoms with Gasteiger partial charge < -0.3 is 5.32 Å². The number of nitro groups is 1. The van der Waals surface area contributed by atoms with Crippen molar-refractivity contribution in [2.75, 3.05) is 19.6 Å². The second-order valence-electron chi connectivity index (χ2n) is 4.98. The summed E-state index contributed by atoms with van der Waals surface area (Å²) in [6.45, 7) is 6.13. The van der Waals surface area contributed by atoms with Gasteiger partial charge in [-0.2, -0.15) is 0 Å². The molecule has 1 N–H and O–H groups in total. The molecule has 1 fully saturated rings. The molecule has 0 spiro atoms. The fourth-order valence-electron chi connectivity index (χ4n) is 2.71. The van der Waals surface area contributed by atoms with Crippen LogP contribution in [0.1, 0.15) is 25.3 Å². The summed E-state index contributed by atoms with van der Waals surface area (Å²) in [5.41, 5.74) is 1.13. The van der Waals surface area contributed by atoms with E-state index in [9.17, 15) is 10.1 Å². The predicted molar refractivity (Wildman–Crippen MR) is 75.1 cm³/mol. The summed E-state index contributed by atoms with van der Waals surface area (Å²) in [6, 6.07) is 7.44. The van der Waals surface area contributed by atoms with Gasteiger partial charge in [0.25, 0.3) is 5.69 Å². The Morgan fingerprint density at radius 3 is 3.11 bits per heavy atom. The molecule has 1 aromatic rings. The second-order valence-corrected chi connectivity index (χ2v) is 4.98. The Kier molecular flexibility index (Phi) is 4.87. The highest BCUT2D eigenvalue weighted by Gasteiger charge is 2.22. The van der Waals surface area contributed by atoms with E-state index in [1.165, 1.54) is 25.5 Å². The Morgan fingerprint density at radius 1 is 1.53 bits per heavy atom. The molecule has 2 rings (SSSR count). The van der Waals surface area contributed by atoms with E-state index in [1.807, 2.05) is 6.07 Å². The number of benzene rings is 1. The van der Waals surface area contributed by atoms with Crippen molar-refractivity contribution in [3.8, 4) is 0 Å². The minimum absolute atomic E-state index is 0.162. The van der Waals surface area contributed by atoms with Crippen LogP contribution < -0.4 is 5.32 Å². The zero-order valence-electron chi connectivity index (χ0n) is 11.3. The van der Waals surface area contributed by atoms with E-state index in [1.54, 1.807) is 12.1 Å². The van der Waals surface area contributed by atoms with Gasteiger partial charge >= 0.3 is 0 Å². The molecule has 1 aliphatic heterocycles. The van der Waals surface area contributed by atoms with E-state index in [0.29, 0.717) is 12.6 Å². The lowest BCUT2D eigenvalue weighted by Gasteiger charge is -2.22. The van der Waals surface area contributed by atoms with Crippen LogP contribution in [0.2, 0.25) is 0 Å². The van der Waals surface area contributed by atoms with Crippen molar-refractivity contribution >= 4 is 5.69 Å². The highest BCUT2D eigenvalue weighted by molar-refractivity contribution is 5.34. The van der Waals surface area contributed by atoms with Crippen LogP contribution in [0.3, 0.4) is 0 Å². The normalized spacial score (nSPS) is 19.7. The van der Waals surface area contributed by atoms with E-state index in [2.05, 4.69) is 17.1 Å². The van der Waals surface area contributed by atoms with Crippen LogP contribution in [-0.2, 0) is 6.54 Å². The van der Waals surface area contributed by atoms with E-state index in [-0.39, 0.29) is 10.6 Å². The van der Waals surface area contributed by atoms with Crippen LogP contribution in [0.25, 0.3) is 0 Å². The molecular formula is C14H21N3O2. The predicted octanol–water partition coefficient (Wildman–Crippen LogP) is 2.17. The first-order valence-corrected chi connectivity index (χ1v) is 6.89. The summed E-state index contributed by atoms with van der Waals surface area (Å²) in [5, 5.41) is 14.1. The Bertz CT molecular complexity index is 436. The Balaban J connectivity index is 1.82. The Morgan fingerprint density at radius 2 is 2.37 bits per heavy atom. The van der Waals surface area contributed by atoms with Crippen molar-refractivity contribution in [3.05, 3.63) is 39.9 Å². The molecule has 1 aliphatic rings. The third kappa shape index (κ3) is 3.75. The molecule has 1 aromatic carbocycles. The number of nitro benzene ring substituents is 1. The summed E-state index contributed by atoms with van der Waals surface area (Å²) < 4.78 is 0. The zero-order chi connectivity index (χ0) is 13.7. The molecule has 0 aromatic heterocycles. The molecule has 5 heteroatoms. The Labute approximate surface area is 113 Å². The first-order valence-electron chi connectivity index (χ1n) is 6.89. The van der Waals surface area contributed by atoms with Crippen LogP contribution in [-0.4, -0.2) is 35.5 Å². The minimum Gasteiger partial charge on any atom is -0.311 e. The topological polar surface area (TPSA) is 58.4 Å².